The van der Waals surface area contributed by atoms with Crippen LogP contribution >= 0.6 is 0 Å². The maximum Gasteiger partial charge on any atom is 0.317 e. The summed E-state index contributed by atoms with van der Waals surface area (Å²) in [5, 5.41) is 11.2. The molecule has 1 N–H and O–H groups in total. The van der Waals surface area contributed by atoms with Gasteiger partial charge in [-0.15, -0.1) is 10.2 Å². The molecule has 0 bridgehead atoms. The van der Waals surface area contributed by atoms with Crippen LogP contribution in [-0.2, 0) is 6.54 Å². The molecule has 3 aromatic rings. The molecule has 1 fully saturated rings. The quantitative estimate of drug-likeness (QED) is 0.727. The van der Waals surface area contributed by atoms with Crippen molar-refractivity contribution in [3.05, 3.63) is 54.1 Å². The molecule has 3 heterocycles. The number of aromatic nitrogens is 2. The van der Waals surface area contributed by atoms with Gasteiger partial charge in [-0.2, -0.15) is 0 Å². The monoisotopic (exact) mass is 382 g/mol. The predicted octanol–water partition coefficient (Wildman–Crippen LogP) is 3.43. The van der Waals surface area contributed by atoms with Gasteiger partial charge < -0.3 is 23.8 Å². The highest BCUT2D eigenvalue weighted by Crippen LogP contribution is 2.29. The Labute approximate surface area is 162 Å². The number of nitrogens with zero attached hydrogens (tertiary/aromatic N) is 3. The Kier molecular flexibility index (Phi) is 5.27. The van der Waals surface area contributed by atoms with E-state index in [0.717, 1.165) is 24.2 Å². The number of piperidine rings is 1. The summed E-state index contributed by atoms with van der Waals surface area (Å²) in [6.07, 6.45) is 3.15. The van der Waals surface area contributed by atoms with E-state index in [1.807, 2.05) is 29.2 Å². The minimum absolute atomic E-state index is 0.0592. The van der Waals surface area contributed by atoms with Crippen LogP contribution in [0.5, 0.6) is 5.75 Å². The van der Waals surface area contributed by atoms with Gasteiger partial charge >= 0.3 is 6.03 Å². The Hall–Kier alpha value is -3.29. The summed E-state index contributed by atoms with van der Waals surface area (Å²) in [5.74, 6) is 2.51. The zero-order chi connectivity index (χ0) is 19.3. The molecule has 28 heavy (non-hydrogen) atoms. The molecule has 1 saturated heterocycles. The highest BCUT2D eigenvalue weighted by Gasteiger charge is 2.27. The smallest absolute Gasteiger partial charge is 0.317 e. The summed E-state index contributed by atoms with van der Waals surface area (Å²) in [6, 6.07) is 11.2. The first-order chi connectivity index (χ1) is 13.7. The first-order valence-corrected chi connectivity index (χ1v) is 9.26. The molecular weight excluding hydrogens is 360 g/mol. The van der Waals surface area contributed by atoms with E-state index in [4.69, 9.17) is 13.6 Å². The first kappa shape index (κ1) is 18.1. The van der Waals surface area contributed by atoms with E-state index in [1.54, 1.807) is 25.5 Å². The molecule has 8 nitrogen and oxygen atoms in total. The highest BCUT2D eigenvalue weighted by molar-refractivity contribution is 5.74. The van der Waals surface area contributed by atoms with Crippen LogP contribution in [0.4, 0.5) is 4.79 Å². The lowest BCUT2D eigenvalue weighted by Crippen LogP contribution is -2.43. The minimum atomic E-state index is -0.0592. The number of likely N-dealkylation sites (tertiary alicyclic amines) is 1. The van der Waals surface area contributed by atoms with Crippen molar-refractivity contribution in [1.29, 1.82) is 0 Å². The van der Waals surface area contributed by atoms with Gasteiger partial charge in [-0.3, -0.25) is 0 Å². The van der Waals surface area contributed by atoms with Gasteiger partial charge in [-0.1, -0.05) is 12.1 Å². The summed E-state index contributed by atoms with van der Waals surface area (Å²) in [7, 11) is 1.63. The molecule has 4 rings (SSSR count). The number of urea groups is 1. The van der Waals surface area contributed by atoms with Gasteiger partial charge in [0.1, 0.15) is 5.75 Å². The molecule has 0 saturated carbocycles. The fraction of sp³-hybridized carbons (Fsp3) is 0.350. The first-order valence-electron chi connectivity index (χ1n) is 9.26. The number of benzene rings is 1. The zero-order valence-electron chi connectivity index (χ0n) is 15.6. The molecule has 0 unspecified atom stereocenters. The topological polar surface area (TPSA) is 93.6 Å². The number of ether oxygens (including phenoxy) is 1. The number of hydrogen-bond donors (Lipinski definition) is 1. The third-order valence-electron chi connectivity index (χ3n) is 4.91. The van der Waals surface area contributed by atoms with Crippen LogP contribution in [0.25, 0.3) is 11.7 Å². The standard InChI is InChI=1S/C20H22N4O4/c1-26-16-6-4-14(5-7-16)13-21-20(25)24-10-8-15(9-11-24)18-22-23-19(28-18)17-3-2-12-27-17/h2-7,12,15H,8-11,13H2,1H3,(H,21,25). The fourth-order valence-electron chi connectivity index (χ4n) is 3.26. The minimum Gasteiger partial charge on any atom is -0.497 e. The van der Waals surface area contributed by atoms with Crippen molar-refractivity contribution in [2.24, 2.45) is 0 Å². The van der Waals surface area contributed by atoms with E-state index in [0.29, 0.717) is 37.2 Å². The molecule has 146 valence electrons. The van der Waals surface area contributed by atoms with E-state index >= 15 is 0 Å². The Balaban J connectivity index is 1.27. The molecule has 0 spiro atoms. The SMILES string of the molecule is COc1ccc(CNC(=O)N2CCC(c3nnc(-c4ccco4)o3)CC2)cc1. The number of hydrogen-bond acceptors (Lipinski definition) is 6. The second-order valence-electron chi connectivity index (χ2n) is 6.69. The van der Waals surface area contributed by atoms with Crippen LogP contribution < -0.4 is 10.1 Å². The summed E-state index contributed by atoms with van der Waals surface area (Å²) >= 11 is 0. The Morgan fingerprint density at radius 2 is 2.00 bits per heavy atom. The molecule has 8 heteroatoms. The van der Waals surface area contributed by atoms with Crippen LogP contribution in [0.1, 0.15) is 30.2 Å². The van der Waals surface area contributed by atoms with E-state index in [9.17, 15) is 4.79 Å². The lowest BCUT2D eigenvalue weighted by molar-refractivity contribution is 0.177. The zero-order valence-corrected chi connectivity index (χ0v) is 15.6. The molecule has 0 aliphatic carbocycles. The van der Waals surface area contributed by atoms with Crippen molar-refractivity contribution in [3.8, 4) is 17.4 Å². The van der Waals surface area contributed by atoms with Crippen molar-refractivity contribution < 1.29 is 18.4 Å². The van der Waals surface area contributed by atoms with Gasteiger partial charge in [0.05, 0.1) is 13.4 Å². The Morgan fingerprint density at radius 1 is 1.21 bits per heavy atom. The van der Waals surface area contributed by atoms with Crippen molar-refractivity contribution in [3.63, 3.8) is 0 Å². The van der Waals surface area contributed by atoms with Gasteiger partial charge in [0.2, 0.25) is 5.89 Å². The summed E-state index contributed by atoms with van der Waals surface area (Å²) in [4.78, 5) is 14.2. The second kappa shape index (κ2) is 8.16. The third kappa shape index (κ3) is 4.00. The average Bonchev–Trinajstić information content (AvgIpc) is 3.44. The van der Waals surface area contributed by atoms with Crippen LogP contribution in [0, 0.1) is 0 Å². The van der Waals surface area contributed by atoms with Crippen LogP contribution in [0.15, 0.2) is 51.5 Å². The van der Waals surface area contributed by atoms with Gasteiger partial charge in [0, 0.05) is 25.6 Å². The summed E-state index contributed by atoms with van der Waals surface area (Å²) in [6.45, 7) is 1.79. The molecule has 1 aromatic carbocycles. The molecule has 1 aliphatic heterocycles. The number of nitrogens with one attached hydrogen (secondary N) is 1. The maximum atomic E-state index is 12.4. The van der Waals surface area contributed by atoms with Gasteiger partial charge in [-0.25, -0.2) is 4.79 Å². The van der Waals surface area contributed by atoms with Crippen LogP contribution in [-0.4, -0.2) is 41.3 Å². The van der Waals surface area contributed by atoms with E-state index in [1.165, 1.54) is 0 Å². The number of carbonyl (C=O) groups is 1. The largest absolute Gasteiger partial charge is 0.497 e. The van der Waals surface area contributed by atoms with Crippen LogP contribution in [0.2, 0.25) is 0 Å². The van der Waals surface area contributed by atoms with Crippen molar-refractivity contribution >= 4 is 6.03 Å². The normalized spacial score (nSPS) is 14.8. The molecule has 0 atom stereocenters. The number of methoxy groups -OCH3 is 1. The number of furan rings is 1. The van der Waals surface area contributed by atoms with Gasteiger partial charge in [0.15, 0.2) is 5.76 Å². The predicted molar refractivity (Wildman–Crippen MR) is 101 cm³/mol. The summed E-state index contributed by atoms with van der Waals surface area (Å²) < 4.78 is 16.2. The molecular formula is C20H22N4O4. The van der Waals surface area contributed by atoms with Gasteiger partial charge in [-0.05, 0) is 42.7 Å². The van der Waals surface area contributed by atoms with E-state index in [2.05, 4.69) is 15.5 Å². The lowest BCUT2D eigenvalue weighted by Gasteiger charge is -2.30. The average molecular weight is 382 g/mol. The second-order valence-corrected chi connectivity index (χ2v) is 6.69. The molecule has 1 aliphatic rings. The lowest BCUT2D eigenvalue weighted by atomic mass is 9.97. The van der Waals surface area contributed by atoms with Crippen molar-refractivity contribution in [2.75, 3.05) is 20.2 Å². The van der Waals surface area contributed by atoms with Crippen LogP contribution in [0.3, 0.4) is 0 Å². The van der Waals surface area contributed by atoms with E-state index in [-0.39, 0.29) is 11.9 Å². The molecule has 2 amide bonds. The number of rotatable bonds is 5. The van der Waals surface area contributed by atoms with Crippen molar-refractivity contribution in [1.82, 2.24) is 20.4 Å². The van der Waals surface area contributed by atoms with E-state index < -0.39 is 0 Å². The number of amides is 2. The van der Waals surface area contributed by atoms with Gasteiger partial charge in [0.25, 0.3) is 5.89 Å². The Morgan fingerprint density at radius 3 is 2.68 bits per heavy atom. The molecule has 2 aromatic heterocycles. The fourth-order valence-corrected chi connectivity index (χ4v) is 3.26. The maximum absolute atomic E-state index is 12.4. The highest BCUT2D eigenvalue weighted by atomic mass is 16.5. The number of carbonyl (C=O) groups excluding carboxylic acids is 1. The summed E-state index contributed by atoms with van der Waals surface area (Å²) in [5.41, 5.74) is 1.03. The Bertz CT molecular complexity index is 897. The van der Waals surface area contributed by atoms with Crippen molar-refractivity contribution in [2.45, 2.75) is 25.3 Å². The third-order valence-corrected chi connectivity index (χ3v) is 4.91. The molecule has 0 radical (unpaired) electrons.